The Bertz CT molecular complexity index is 757. The molecule has 6 nitrogen and oxygen atoms in total. The maximum absolute atomic E-state index is 12.5. The smallest absolute Gasteiger partial charge is 0.251 e. The monoisotopic (exact) mass is 394 g/mol. The van der Waals surface area contributed by atoms with Crippen LogP contribution in [0.5, 0.6) is 0 Å². The minimum atomic E-state index is -3.29. The van der Waals surface area contributed by atoms with Crippen LogP contribution in [-0.4, -0.2) is 45.9 Å². The lowest BCUT2D eigenvalue weighted by Gasteiger charge is -2.29. The first-order chi connectivity index (χ1) is 13.0. The van der Waals surface area contributed by atoms with Crippen LogP contribution in [0.3, 0.4) is 0 Å². The summed E-state index contributed by atoms with van der Waals surface area (Å²) in [7, 11) is -3.29. The summed E-state index contributed by atoms with van der Waals surface area (Å²) in [5, 5.41) is 2.91. The lowest BCUT2D eigenvalue weighted by molar-refractivity contribution is 0.0565. The highest BCUT2D eigenvalue weighted by molar-refractivity contribution is 7.92. The van der Waals surface area contributed by atoms with Gasteiger partial charge in [0.05, 0.1) is 17.5 Å². The number of ether oxygens (including phenoxy) is 1. The lowest BCUT2D eigenvalue weighted by atomic mass is 10.1. The molecule has 2 fully saturated rings. The second-order valence-corrected chi connectivity index (χ2v) is 9.50. The molecule has 1 aliphatic heterocycles. The van der Waals surface area contributed by atoms with E-state index in [1.807, 2.05) is 13.0 Å². The van der Waals surface area contributed by atoms with Crippen LogP contribution in [0.4, 0.5) is 5.69 Å². The van der Waals surface area contributed by atoms with E-state index in [-0.39, 0.29) is 11.7 Å². The molecule has 1 aromatic carbocycles. The highest BCUT2D eigenvalue weighted by Gasteiger charge is 2.27. The van der Waals surface area contributed by atoms with Crippen molar-refractivity contribution in [3.05, 3.63) is 29.3 Å². The van der Waals surface area contributed by atoms with Crippen LogP contribution in [0.25, 0.3) is 0 Å². The van der Waals surface area contributed by atoms with E-state index in [0.29, 0.717) is 43.5 Å². The Morgan fingerprint density at radius 3 is 2.74 bits per heavy atom. The molecular weight excluding hydrogens is 364 g/mol. The molecule has 0 aromatic heterocycles. The fourth-order valence-corrected chi connectivity index (χ4v) is 5.45. The summed E-state index contributed by atoms with van der Waals surface area (Å²) in [5.41, 5.74) is 1.97. The molecule has 0 spiro atoms. The number of carbonyl (C=O) groups is 1. The van der Waals surface area contributed by atoms with Crippen LogP contribution < -0.4 is 9.62 Å². The normalized spacial score (nSPS) is 20.0. The van der Waals surface area contributed by atoms with Crippen molar-refractivity contribution in [2.75, 3.05) is 29.8 Å². The van der Waals surface area contributed by atoms with E-state index in [9.17, 15) is 13.2 Å². The number of aryl methyl sites for hydroxylation is 1. The predicted octanol–water partition coefficient (Wildman–Crippen LogP) is 3.00. The Hall–Kier alpha value is -1.60. The van der Waals surface area contributed by atoms with Crippen LogP contribution in [0.15, 0.2) is 18.2 Å². The molecule has 1 amide bonds. The Morgan fingerprint density at radius 1 is 1.22 bits per heavy atom. The SMILES string of the molecule is Cc1ccc(C(=O)NCCCOC2CCCC2)cc1N1CCCCS1(=O)=O. The van der Waals surface area contributed by atoms with Gasteiger partial charge in [-0.1, -0.05) is 18.9 Å². The summed E-state index contributed by atoms with van der Waals surface area (Å²) in [6.07, 6.45) is 7.52. The number of anilines is 1. The third-order valence-electron chi connectivity index (χ3n) is 5.35. The Labute approximate surface area is 162 Å². The van der Waals surface area contributed by atoms with Crippen molar-refractivity contribution in [1.82, 2.24) is 5.32 Å². The average molecular weight is 395 g/mol. The van der Waals surface area contributed by atoms with Gasteiger partial charge in [0, 0.05) is 25.3 Å². The molecule has 27 heavy (non-hydrogen) atoms. The Balaban J connectivity index is 1.55. The van der Waals surface area contributed by atoms with Crippen LogP contribution in [-0.2, 0) is 14.8 Å². The van der Waals surface area contributed by atoms with Crippen molar-refractivity contribution in [3.63, 3.8) is 0 Å². The van der Waals surface area contributed by atoms with E-state index in [0.717, 1.165) is 31.2 Å². The van der Waals surface area contributed by atoms with Gasteiger partial charge in [-0.05, 0) is 56.7 Å². The number of nitrogens with zero attached hydrogens (tertiary/aromatic N) is 1. The van der Waals surface area contributed by atoms with Crippen LogP contribution >= 0.6 is 0 Å². The summed E-state index contributed by atoms with van der Waals surface area (Å²) >= 11 is 0. The number of amides is 1. The molecule has 3 rings (SSSR count). The molecule has 1 aliphatic carbocycles. The van der Waals surface area contributed by atoms with E-state index in [1.54, 1.807) is 12.1 Å². The second kappa shape index (κ2) is 9.06. The van der Waals surface area contributed by atoms with Crippen molar-refractivity contribution in [2.24, 2.45) is 0 Å². The zero-order chi connectivity index (χ0) is 19.3. The highest BCUT2D eigenvalue weighted by Crippen LogP contribution is 2.28. The summed E-state index contributed by atoms with van der Waals surface area (Å²) < 4.78 is 32.0. The molecule has 1 aromatic rings. The molecule has 1 saturated heterocycles. The van der Waals surface area contributed by atoms with Crippen molar-refractivity contribution in [3.8, 4) is 0 Å². The highest BCUT2D eigenvalue weighted by atomic mass is 32.2. The minimum Gasteiger partial charge on any atom is -0.378 e. The Kier molecular flexibility index (Phi) is 6.76. The summed E-state index contributed by atoms with van der Waals surface area (Å²) in [6.45, 7) is 3.57. The molecule has 1 N–H and O–H groups in total. The number of benzene rings is 1. The van der Waals surface area contributed by atoms with Gasteiger partial charge in [-0.3, -0.25) is 9.10 Å². The first-order valence-corrected chi connectivity index (χ1v) is 11.6. The van der Waals surface area contributed by atoms with E-state index < -0.39 is 10.0 Å². The van der Waals surface area contributed by atoms with E-state index in [4.69, 9.17) is 4.74 Å². The maximum atomic E-state index is 12.5. The largest absolute Gasteiger partial charge is 0.378 e. The zero-order valence-electron chi connectivity index (χ0n) is 16.1. The molecule has 0 unspecified atom stereocenters. The van der Waals surface area contributed by atoms with Crippen molar-refractivity contribution in [2.45, 2.75) is 58.0 Å². The molecule has 150 valence electrons. The molecule has 0 atom stereocenters. The van der Waals surface area contributed by atoms with Crippen LogP contribution in [0.1, 0.15) is 60.9 Å². The van der Waals surface area contributed by atoms with Gasteiger partial charge >= 0.3 is 0 Å². The van der Waals surface area contributed by atoms with Crippen molar-refractivity contribution < 1.29 is 17.9 Å². The lowest BCUT2D eigenvalue weighted by Crippen LogP contribution is -2.38. The number of nitrogens with one attached hydrogen (secondary N) is 1. The number of hydrogen-bond donors (Lipinski definition) is 1. The Morgan fingerprint density at radius 2 is 2.00 bits per heavy atom. The standard InChI is InChI=1S/C20H30N2O4S/c1-16-9-10-17(15-19(16)22-12-4-5-14-27(22,24)25)20(23)21-11-6-13-26-18-7-2-3-8-18/h9-10,15,18H,2-8,11-14H2,1H3,(H,21,23). The fraction of sp³-hybridized carbons (Fsp3) is 0.650. The summed E-state index contributed by atoms with van der Waals surface area (Å²) in [5.74, 6) is -0.00402. The fourth-order valence-electron chi connectivity index (χ4n) is 3.76. The maximum Gasteiger partial charge on any atom is 0.251 e. The van der Waals surface area contributed by atoms with Gasteiger partial charge in [0.2, 0.25) is 10.0 Å². The molecule has 7 heteroatoms. The molecule has 0 bridgehead atoms. The number of rotatable bonds is 7. The third kappa shape index (κ3) is 5.23. The molecule has 2 aliphatic rings. The van der Waals surface area contributed by atoms with Gasteiger partial charge in [0.1, 0.15) is 0 Å². The number of hydrogen-bond acceptors (Lipinski definition) is 4. The van der Waals surface area contributed by atoms with Crippen LogP contribution in [0, 0.1) is 6.92 Å². The third-order valence-corrected chi connectivity index (χ3v) is 7.21. The molecule has 1 saturated carbocycles. The van der Waals surface area contributed by atoms with Gasteiger partial charge in [0.25, 0.3) is 5.91 Å². The minimum absolute atomic E-state index is 0.170. The van der Waals surface area contributed by atoms with Crippen molar-refractivity contribution in [1.29, 1.82) is 0 Å². The number of carbonyl (C=O) groups excluding carboxylic acids is 1. The van der Waals surface area contributed by atoms with Gasteiger partial charge < -0.3 is 10.1 Å². The predicted molar refractivity (Wildman–Crippen MR) is 107 cm³/mol. The topological polar surface area (TPSA) is 75.7 Å². The van der Waals surface area contributed by atoms with Gasteiger partial charge in [-0.2, -0.15) is 0 Å². The average Bonchev–Trinajstić information content (AvgIpc) is 3.15. The van der Waals surface area contributed by atoms with Crippen molar-refractivity contribution >= 4 is 21.6 Å². The first-order valence-electron chi connectivity index (χ1n) is 9.98. The number of sulfonamides is 1. The summed E-state index contributed by atoms with van der Waals surface area (Å²) in [6, 6.07) is 5.26. The van der Waals surface area contributed by atoms with E-state index in [1.165, 1.54) is 17.1 Å². The van der Waals surface area contributed by atoms with E-state index in [2.05, 4.69) is 5.32 Å². The molecule has 1 heterocycles. The van der Waals surface area contributed by atoms with E-state index >= 15 is 0 Å². The quantitative estimate of drug-likeness (QED) is 0.722. The zero-order valence-corrected chi connectivity index (χ0v) is 16.9. The van der Waals surface area contributed by atoms with Gasteiger partial charge in [0.15, 0.2) is 0 Å². The summed E-state index contributed by atoms with van der Waals surface area (Å²) in [4.78, 5) is 12.5. The molecular formula is C20H30N2O4S. The molecule has 0 radical (unpaired) electrons. The second-order valence-electron chi connectivity index (χ2n) is 7.48. The van der Waals surface area contributed by atoms with Gasteiger partial charge in [-0.25, -0.2) is 8.42 Å². The van der Waals surface area contributed by atoms with Crippen LogP contribution in [0.2, 0.25) is 0 Å². The first kappa shape index (κ1) is 20.1. The van der Waals surface area contributed by atoms with Gasteiger partial charge in [-0.15, -0.1) is 0 Å².